The molecule has 0 radical (unpaired) electrons. The molecule has 0 saturated carbocycles. The van der Waals surface area contributed by atoms with E-state index in [2.05, 4.69) is 13.2 Å². The van der Waals surface area contributed by atoms with Gasteiger partial charge >= 0.3 is 11.9 Å². The number of halogens is 4. The molecule has 0 amide bonds. The molecule has 0 saturated heterocycles. The zero-order chi connectivity index (χ0) is 26.5. The van der Waals surface area contributed by atoms with E-state index in [0.29, 0.717) is 0 Å². The average Bonchev–Trinajstić information content (AvgIpc) is 2.76. The van der Waals surface area contributed by atoms with E-state index in [4.69, 9.17) is 66.1 Å². The highest BCUT2D eigenvalue weighted by atomic mass is 35.5. The maximum absolute atomic E-state index is 10.9. The molecule has 0 unspecified atom stereocenters. The molecular formula is C25H24Cl4O6. The third-order valence-electron chi connectivity index (χ3n) is 5.35. The molecular weight excluding hydrogens is 538 g/mol. The summed E-state index contributed by atoms with van der Waals surface area (Å²) in [4.78, 5) is 21.8. The van der Waals surface area contributed by atoms with Gasteiger partial charge in [-0.1, -0.05) is 73.4 Å². The SMILES string of the molecule is C=C(CCOc1c(Cl)cc(C(C)(C)c2cc(Cl)c(OCCC(=C)C(=O)O)c(Cl)c2)cc1Cl)C(=O)O. The molecule has 0 bridgehead atoms. The van der Waals surface area contributed by atoms with Crippen molar-refractivity contribution in [2.75, 3.05) is 13.2 Å². The number of carbonyl (C=O) groups is 2. The van der Waals surface area contributed by atoms with Crippen molar-refractivity contribution in [2.45, 2.75) is 32.1 Å². The van der Waals surface area contributed by atoms with E-state index >= 15 is 0 Å². The van der Waals surface area contributed by atoms with Gasteiger partial charge in [0.05, 0.1) is 33.3 Å². The van der Waals surface area contributed by atoms with E-state index in [1.165, 1.54) is 0 Å². The molecule has 0 atom stereocenters. The summed E-state index contributed by atoms with van der Waals surface area (Å²) in [5, 5.41) is 18.9. The number of rotatable bonds is 12. The van der Waals surface area contributed by atoms with E-state index in [9.17, 15) is 9.59 Å². The quantitative estimate of drug-likeness (QED) is 0.261. The van der Waals surface area contributed by atoms with E-state index in [0.717, 1.165) is 11.1 Å². The average molecular weight is 562 g/mol. The molecule has 2 N–H and O–H groups in total. The summed E-state index contributed by atoms with van der Waals surface area (Å²) in [6.07, 6.45) is 0.232. The lowest BCUT2D eigenvalue weighted by molar-refractivity contribution is -0.133. The van der Waals surface area contributed by atoms with Crippen molar-refractivity contribution in [3.8, 4) is 11.5 Å². The van der Waals surface area contributed by atoms with E-state index in [1.807, 2.05) is 13.8 Å². The van der Waals surface area contributed by atoms with Gasteiger partial charge in [0.1, 0.15) is 0 Å². The maximum Gasteiger partial charge on any atom is 0.331 e. The number of aliphatic carboxylic acids is 2. The molecule has 188 valence electrons. The maximum atomic E-state index is 10.9. The number of carboxylic acid groups (broad SMARTS) is 2. The smallest absolute Gasteiger partial charge is 0.331 e. The Kier molecular flexibility index (Phi) is 9.93. The molecule has 0 aliphatic carbocycles. The second-order valence-electron chi connectivity index (χ2n) is 8.18. The van der Waals surface area contributed by atoms with Crippen LogP contribution >= 0.6 is 46.4 Å². The van der Waals surface area contributed by atoms with Crippen LogP contribution in [0.3, 0.4) is 0 Å². The fourth-order valence-corrected chi connectivity index (χ4v) is 4.24. The number of hydrogen-bond acceptors (Lipinski definition) is 4. The summed E-state index contributed by atoms with van der Waals surface area (Å²) in [7, 11) is 0. The van der Waals surface area contributed by atoms with Gasteiger partial charge in [-0.2, -0.15) is 0 Å². The molecule has 6 nitrogen and oxygen atoms in total. The van der Waals surface area contributed by atoms with Crippen molar-refractivity contribution in [1.29, 1.82) is 0 Å². The second kappa shape index (κ2) is 12.0. The zero-order valence-electron chi connectivity index (χ0n) is 19.1. The van der Waals surface area contributed by atoms with Crippen LogP contribution in [0.4, 0.5) is 0 Å². The normalized spacial score (nSPS) is 11.1. The predicted octanol–water partition coefficient (Wildman–Crippen LogP) is 7.45. The number of hydrogen-bond donors (Lipinski definition) is 2. The van der Waals surface area contributed by atoms with Crippen molar-refractivity contribution in [2.24, 2.45) is 0 Å². The monoisotopic (exact) mass is 560 g/mol. The summed E-state index contributed by atoms with van der Waals surface area (Å²) in [6.45, 7) is 10.9. The Bertz CT molecular complexity index is 1040. The first-order valence-corrected chi connectivity index (χ1v) is 11.8. The van der Waals surface area contributed by atoms with Gasteiger partial charge in [0.25, 0.3) is 0 Å². The van der Waals surface area contributed by atoms with Crippen LogP contribution in [-0.4, -0.2) is 35.4 Å². The van der Waals surface area contributed by atoms with Crippen molar-refractivity contribution in [1.82, 2.24) is 0 Å². The molecule has 2 rings (SSSR count). The Balaban J connectivity index is 2.25. The molecule has 0 fully saturated rings. The fraction of sp³-hybridized carbons (Fsp3) is 0.280. The van der Waals surface area contributed by atoms with Gasteiger partial charge in [0, 0.05) is 29.4 Å². The Hall–Kier alpha value is -2.38. The van der Waals surface area contributed by atoms with Gasteiger partial charge in [0.2, 0.25) is 0 Å². The fourth-order valence-electron chi connectivity index (χ4n) is 3.05. The minimum atomic E-state index is -1.10. The standard InChI is InChI=1S/C25H24Cl4O6/c1-13(23(30)31)5-7-34-21-17(26)9-15(10-18(21)27)25(3,4)16-11-19(28)22(20(29)12-16)35-8-6-14(2)24(32)33/h9-12H,1-2,5-8H2,3-4H3,(H,30,31)(H,32,33). The van der Waals surface area contributed by atoms with E-state index in [1.54, 1.807) is 24.3 Å². The Labute approximate surface area is 223 Å². The largest absolute Gasteiger partial charge is 0.490 e. The van der Waals surface area contributed by atoms with Crippen molar-refractivity contribution in [3.05, 3.63) is 79.8 Å². The van der Waals surface area contributed by atoms with Gasteiger partial charge in [-0.25, -0.2) is 9.59 Å². The predicted molar refractivity (Wildman–Crippen MR) is 139 cm³/mol. The minimum Gasteiger partial charge on any atom is -0.490 e. The molecule has 2 aromatic rings. The van der Waals surface area contributed by atoms with Crippen LogP contribution < -0.4 is 9.47 Å². The first-order chi connectivity index (χ1) is 16.2. The van der Waals surface area contributed by atoms with E-state index < -0.39 is 17.4 Å². The Morgan fingerprint density at radius 2 is 1.03 bits per heavy atom. The molecule has 0 aliphatic heterocycles. The lowest BCUT2D eigenvalue weighted by atomic mass is 9.78. The topological polar surface area (TPSA) is 93.1 Å². The van der Waals surface area contributed by atoms with Gasteiger partial charge in [0.15, 0.2) is 11.5 Å². The van der Waals surface area contributed by atoms with Crippen LogP contribution in [0.15, 0.2) is 48.6 Å². The van der Waals surface area contributed by atoms with Gasteiger partial charge in [-0.05, 0) is 35.4 Å². The lowest BCUT2D eigenvalue weighted by Crippen LogP contribution is -2.19. The van der Waals surface area contributed by atoms with Crippen LogP contribution in [-0.2, 0) is 15.0 Å². The Morgan fingerprint density at radius 1 is 0.743 bits per heavy atom. The third kappa shape index (κ3) is 7.31. The molecule has 10 heteroatoms. The van der Waals surface area contributed by atoms with Gasteiger partial charge in [-0.15, -0.1) is 0 Å². The number of carboxylic acids is 2. The molecule has 0 aliphatic rings. The van der Waals surface area contributed by atoms with Crippen LogP contribution in [0.25, 0.3) is 0 Å². The van der Waals surface area contributed by atoms with Crippen molar-refractivity contribution in [3.63, 3.8) is 0 Å². The summed E-state index contributed by atoms with van der Waals surface area (Å²) in [5.74, 6) is -1.70. The van der Waals surface area contributed by atoms with Crippen LogP contribution in [0.2, 0.25) is 20.1 Å². The summed E-state index contributed by atoms with van der Waals surface area (Å²) in [5.41, 5.74) is 0.917. The number of benzene rings is 2. The molecule has 0 spiro atoms. The van der Waals surface area contributed by atoms with Crippen LogP contribution in [0, 0.1) is 0 Å². The van der Waals surface area contributed by atoms with E-state index in [-0.39, 0.29) is 68.8 Å². The zero-order valence-corrected chi connectivity index (χ0v) is 22.1. The summed E-state index contributed by atoms with van der Waals surface area (Å²) < 4.78 is 11.2. The van der Waals surface area contributed by atoms with Crippen LogP contribution in [0.1, 0.15) is 37.8 Å². The Morgan fingerprint density at radius 3 is 1.29 bits per heavy atom. The first-order valence-electron chi connectivity index (χ1n) is 10.3. The third-order valence-corrected chi connectivity index (χ3v) is 6.47. The molecule has 0 aromatic heterocycles. The molecule has 0 heterocycles. The van der Waals surface area contributed by atoms with Crippen molar-refractivity contribution < 1.29 is 29.3 Å². The number of ether oxygens (including phenoxy) is 2. The highest BCUT2D eigenvalue weighted by Gasteiger charge is 2.28. The summed E-state index contributed by atoms with van der Waals surface area (Å²) in [6, 6.07) is 6.83. The highest BCUT2D eigenvalue weighted by molar-refractivity contribution is 6.38. The van der Waals surface area contributed by atoms with Crippen LogP contribution in [0.5, 0.6) is 11.5 Å². The second-order valence-corrected chi connectivity index (χ2v) is 9.81. The molecule has 35 heavy (non-hydrogen) atoms. The highest BCUT2D eigenvalue weighted by Crippen LogP contribution is 2.43. The minimum absolute atomic E-state index is 0.0167. The first kappa shape index (κ1) is 28.9. The van der Waals surface area contributed by atoms with Crippen molar-refractivity contribution >= 4 is 58.3 Å². The van der Waals surface area contributed by atoms with Gasteiger partial charge in [-0.3, -0.25) is 0 Å². The molecule has 2 aromatic carbocycles. The van der Waals surface area contributed by atoms with Gasteiger partial charge < -0.3 is 19.7 Å². The summed E-state index contributed by atoms with van der Waals surface area (Å²) >= 11 is 25.7. The lowest BCUT2D eigenvalue weighted by Gasteiger charge is -2.28.